The van der Waals surface area contributed by atoms with Crippen LogP contribution in [0.2, 0.25) is 0 Å². The van der Waals surface area contributed by atoms with E-state index in [1.165, 1.54) is 36.4 Å². The van der Waals surface area contributed by atoms with Crippen LogP contribution in [-0.2, 0) is 5.41 Å². The molecule has 1 fully saturated rings. The number of nitrogens with zero attached hydrogens (tertiary/aromatic N) is 1. The number of halogens is 4. The highest BCUT2D eigenvalue weighted by atomic mass is 79.9. The minimum atomic E-state index is -4.38. The molecule has 0 heterocycles. The van der Waals surface area contributed by atoms with Gasteiger partial charge in [0.2, 0.25) is 0 Å². The average molecular weight is 386 g/mol. The predicted octanol–water partition coefficient (Wildman–Crippen LogP) is 5.34. The minimum Gasteiger partial charge on any atom is -0.258 e. The first-order chi connectivity index (χ1) is 10.8. The van der Waals surface area contributed by atoms with Gasteiger partial charge in [-0.25, -0.2) is 0 Å². The molecule has 0 saturated heterocycles. The lowest BCUT2D eigenvalue weighted by atomic mass is 9.90. The Morgan fingerprint density at radius 2 is 1.65 bits per heavy atom. The minimum absolute atomic E-state index is 0.0457. The van der Waals surface area contributed by atoms with Gasteiger partial charge in [-0.1, -0.05) is 40.2 Å². The van der Waals surface area contributed by atoms with Crippen molar-refractivity contribution in [2.75, 3.05) is 0 Å². The zero-order valence-corrected chi connectivity index (χ0v) is 13.3. The first-order valence-corrected chi connectivity index (χ1v) is 7.62. The first kappa shape index (κ1) is 16.0. The quantitative estimate of drug-likeness (QED) is 0.528. The SMILES string of the molecule is O=[N+]([O-])c1ccc([C@H]2C[C@]2(c2ccc(Br)cc2)C(F)(F)F)cc1. The molecule has 0 spiro atoms. The van der Waals surface area contributed by atoms with Crippen molar-refractivity contribution in [2.45, 2.75) is 23.9 Å². The number of alkyl halides is 3. The van der Waals surface area contributed by atoms with Crippen LogP contribution in [0.25, 0.3) is 0 Å². The molecular weight excluding hydrogens is 375 g/mol. The third-order valence-corrected chi connectivity index (χ3v) is 4.86. The van der Waals surface area contributed by atoms with Crippen LogP contribution < -0.4 is 0 Å². The fourth-order valence-corrected chi connectivity index (χ4v) is 3.30. The van der Waals surface area contributed by atoms with Gasteiger partial charge in [0.05, 0.1) is 10.3 Å². The van der Waals surface area contributed by atoms with Gasteiger partial charge in [-0.05, 0) is 29.7 Å². The molecule has 2 aromatic carbocycles. The third kappa shape index (κ3) is 2.63. The van der Waals surface area contributed by atoms with Crippen LogP contribution in [0.1, 0.15) is 23.5 Å². The monoisotopic (exact) mass is 385 g/mol. The lowest BCUT2D eigenvalue weighted by Crippen LogP contribution is -2.30. The summed E-state index contributed by atoms with van der Waals surface area (Å²) in [5, 5.41) is 10.7. The van der Waals surface area contributed by atoms with Crippen molar-refractivity contribution in [2.24, 2.45) is 0 Å². The van der Waals surface area contributed by atoms with Crippen LogP contribution >= 0.6 is 15.9 Å². The molecule has 0 aromatic heterocycles. The van der Waals surface area contributed by atoms with Crippen LogP contribution in [0, 0.1) is 10.1 Å². The highest BCUT2D eigenvalue weighted by molar-refractivity contribution is 9.10. The predicted molar refractivity (Wildman–Crippen MR) is 82.3 cm³/mol. The van der Waals surface area contributed by atoms with Gasteiger partial charge in [-0.15, -0.1) is 0 Å². The van der Waals surface area contributed by atoms with Gasteiger partial charge in [0.15, 0.2) is 0 Å². The summed E-state index contributed by atoms with van der Waals surface area (Å²) < 4.78 is 41.8. The summed E-state index contributed by atoms with van der Waals surface area (Å²) in [5.41, 5.74) is -1.35. The Morgan fingerprint density at radius 1 is 1.09 bits per heavy atom. The molecule has 0 radical (unpaired) electrons. The molecule has 0 N–H and O–H groups in total. The summed E-state index contributed by atoms with van der Waals surface area (Å²) in [5.74, 6) is -0.718. The van der Waals surface area contributed by atoms with E-state index in [9.17, 15) is 23.3 Å². The maximum Gasteiger partial charge on any atom is 0.399 e. The van der Waals surface area contributed by atoms with Gasteiger partial charge in [0.1, 0.15) is 0 Å². The second-order valence-electron chi connectivity index (χ2n) is 5.58. The molecule has 1 saturated carbocycles. The van der Waals surface area contributed by atoms with Crippen molar-refractivity contribution in [3.63, 3.8) is 0 Å². The highest BCUT2D eigenvalue weighted by Crippen LogP contribution is 2.68. The van der Waals surface area contributed by atoms with Crippen LogP contribution in [0.3, 0.4) is 0 Å². The second-order valence-corrected chi connectivity index (χ2v) is 6.50. The Kier molecular flexibility index (Phi) is 3.71. The molecular formula is C16H11BrF3NO2. The van der Waals surface area contributed by atoms with Gasteiger partial charge in [-0.2, -0.15) is 13.2 Å². The highest BCUT2D eigenvalue weighted by Gasteiger charge is 2.71. The van der Waals surface area contributed by atoms with E-state index >= 15 is 0 Å². The lowest BCUT2D eigenvalue weighted by molar-refractivity contribution is -0.384. The zero-order valence-electron chi connectivity index (χ0n) is 11.7. The zero-order chi connectivity index (χ0) is 16.8. The smallest absolute Gasteiger partial charge is 0.258 e. The Hall–Kier alpha value is -1.89. The Bertz CT molecular complexity index is 743. The van der Waals surface area contributed by atoms with Crippen molar-refractivity contribution >= 4 is 21.6 Å². The molecule has 3 nitrogen and oxygen atoms in total. The number of nitro benzene ring substituents is 1. The molecule has 0 unspecified atom stereocenters. The second kappa shape index (κ2) is 5.33. The Balaban J connectivity index is 1.98. The van der Waals surface area contributed by atoms with Crippen LogP contribution in [-0.4, -0.2) is 11.1 Å². The molecule has 0 aliphatic heterocycles. The molecule has 2 atom stereocenters. The number of nitro groups is 1. The van der Waals surface area contributed by atoms with Crippen molar-refractivity contribution in [3.8, 4) is 0 Å². The van der Waals surface area contributed by atoms with Gasteiger partial charge < -0.3 is 0 Å². The van der Waals surface area contributed by atoms with Gasteiger partial charge >= 0.3 is 6.18 Å². The van der Waals surface area contributed by atoms with Crippen molar-refractivity contribution in [1.82, 2.24) is 0 Å². The van der Waals surface area contributed by atoms with E-state index < -0.39 is 22.4 Å². The molecule has 1 aliphatic carbocycles. The van der Waals surface area contributed by atoms with E-state index in [1.807, 2.05) is 0 Å². The summed E-state index contributed by atoms with van der Waals surface area (Å²) >= 11 is 3.22. The van der Waals surface area contributed by atoms with Gasteiger partial charge in [-0.3, -0.25) is 10.1 Å². The van der Waals surface area contributed by atoms with Crippen molar-refractivity contribution in [3.05, 3.63) is 74.2 Å². The molecule has 2 aromatic rings. The molecule has 1 aliphatic rings. The van der Waals surface area contributed by atoms with E-state index in [0.717, 1.165) is 0 Å². The number of hydrogen-bond donors (Lipinski definition) is 0. The number of non-ortho nitro benzene ring substituents is 1. The maximum atomic E-state index is 13.7. The topological polar surface area (TPSA) is 43.1 Å². The van der Waals surface area contributed by atoms with Crippen molar-refractivity contribution in [1.29, 1.82) is 0 Å². The Morgan fingerprint density at radius 3 is 2.13 bits per heavy atom. The van der Waals surface area contributed by atoms with E-state index in [4.69, 9.17) is 0 Å². The normalized spacial score (nSPS) is 23.6. The summed E-state index contributed by atoms with van der Waals surface area (Å²) in [4.78, 5) is 10.1. The van der Waals surface area contributed by atoms with Gasteiger partial charge in [0.25, 0.3) is 5.69 Å². The first-order valence-electron chi connectivity index (χ1n) is 6.83. The molecule has 0 bridgehead atoms. The van der Waals surface area contributed by atoms with E-state index in [0.29, 0.717) is 10.0 Å². The van der Waals surface area contributed by atoms with Crippen LogP contribution in [0.15, 0.2) is 53.0 Å². The van der Waals surface area contributed by atoms with Gasteiger partial charge in [0, 0.05) is 22.5 Å². The largest absolute Gasteiger partial charge is 0.399 e. The standard InChI is InChI=1S/C16H11BrF3NO2/c17-12-5-3-11(4-6-12)15(16(18,19)20)9-14(15)10-1-7-13(8-2-10)21(22)23/h1-8,14H,9H2/t14-,15-/m1/s1. The number of hydrogen-bond acceptors (Lipinski definition) is 2. The maximum absolute atomic E-state index is 13.7. The molecule has 23 heavy (non-hydrogen) atoms. The fourth-order valence-electron chi connectivity index (χ4n) is 3.04. The fraction of sp³-hybridized carbons (Fsp3) is 0.250. The summed E-state index contributed by atoms with van der Waals surface area (Å²) in [6.07, 6.45) is -4.43. The van der Waals surface area contributed by atoms with E-state index in [-0.39, 0.29) is 17.7 Å². The molecule has 0 amide bonds. The molecule has 7 heteroatoms. The number of benzene rings is 2. The molecule has 3 rings (SSSR count). The number of rotatable bonds is 3. The summed E-state index contributed by atoms with van der Waals surface area (Å²) in [6.45, 7) is 0. The van der Waals surface area contributed by atoms with Crippen molar-refractivity contribution < 1.29 is 18.1 Å². The van der Waals surface area contributed by atoms with Crippen LogP contribution in [0.5, 0.6) is 0 Å². The van der Waals surface area contributed by atoms with E-state index in [2.05, 4.69) is 15.9 Å². The average Bonchev–Trinajstić information content (AvgIpc) is 3.25. The molecule has 120 valence electrons. The van der Waals surface area contributed by atoms with E-state index in [1.54, 1.807) is 12.1 Å². The summed E-state index contributed by atoms with van der Waals surface area (Å²) in [7, 11) is 0. The third-order valence-electron chi connectivity index (χ3n) is 4.33. The van der Waals surface area contributed by atoms with Crippen LogP contribution in [0.4, 0.5) is 18.9 Å². The Labute approximate surface area is 138 Å². The summed E-state index contributed by atoms with van der Waals surface area (Å²) in [6, 6.07) is 11.4. The lowest BCUT2D eigenvalue weighted by Gasteiger charge is -2.22.